The van der Waals surface area contributed by atoms with Gasteiger partial charge in [-0.3, -0.25) is 4.90 Å². The summed E-state index contributed by atoms with van der Waals surface area (Å²) in [5, 5.41) is 3.86. The first-order valence-electron chi connectivity index (χ1n) is 8.80. The van der Waals surface area contributed by atoms with Gasteiger partial charge in [0.25, 0.3) is 0 Å². The molecular weight excluding hydrogens is 256 g/mol. The van der Waals surface area contributed by atoms with E-state index < -0.39 is 0 Å². The van der Waals surface area contributed by atoms with Crippen molar-refractivity contribution in [1.29, 1.82) is 0 Å². The predicted octanol–water partition coefficient (Wildman–Crippen LogP) is 3.47. The number of hydrogen-bond donors (Lipinski definition) is 1. The first-order valence-corrected chi connectivity index (χ1v) is 8.80. The summed E-state index contributed by atoms with van der Waals surface area (Å²) in [6.45, 7) is 8.35. The van der Waals surface area contributed by atoms with Crippen LogP contribution in [0.25, 0.3) is 0 Å². The first-order chi connectivity index (χ1) is 10.3. The Morgan fingerprint density at radius 2 is 1.86 bits per heavy atom. The van der Waals surface area contributed by atoms with Gasteiger partial charge in [0.15, 0.2) is 0 Å². The second kappa shape index (κ2) is 6.50. The van der Waals surface area contributed by atoms with Gasteiger partial charge in [-0.1, -0.05) is 44.2 Å². The fourth-order valence-electron chi connectivity index (χ4n) is 3.93. The Kier molecular flexibility index (Phi) is 4.66. The van der Waals surface area contributed by atoms with E-state index in [0.717, 1.165) is 12.0 Å². The van der Waals surface area contributed by atoms with E-state index >= 15 is 0 Å². The van der Waals surface area contributed by atoms with E-state index in [4.69, 9.17) is 0 Å². The third-order valence-electron chi connectivity index (χ3n) is 5.80. The van der Waals surface area contributed by atoms with Crippen molar-refractivity contribution in [2.75, 3.05) is 19.6 Å². The molecule has 2 aliphatic rings. The second-order valence-electron chi connectivity index (χ2n) is 6.94. The molecule has 2 fully saturated rings. The van der Waals surface area contributed by atoms with Crippen LogP contribution in [0.2, 0.25) is 0 Å². The molecule has 3 rings (SSSR count). The van der Waals surface area contributed by atoms with Gasteiger partial charge in [0.05, 0.1) is 0 Å². The van der Waals surface area contributed by atoms with Crippen LogP contribution in [-0.2, 0) is 6.42 Å². The molecule has 1 heterocycles. The van der Waals surface area contributed by atoms with Gasteiger partial charge in [-0.25, -0.2) is 0 Å². The number of piperazine rings is 1. The second-order valence-corrected chi connectivity index (χ2v) is 6.94. The van der Waals surface area contributed by atoms with Crippen molar-refractivity contribution >= 4 is 0 Å². The molecule has 0 spiro atoms. The smallest absolute Gasteiger partial charge is 0.0329 e. The molecule has 2 nitrogen and oxygen atoms in total. The van der Waals surface area contributed by atoms with Crippen LogP contribution in [0.15, 0.2) is 30.3 Å². The summed E-state index contributed by atoms with van der Waals surface area (Å²) in [5.74, 6) is 0.955. The summed E-state index contributed by atoms with van der Waals surface area (Å²) < 4.78 is 0. The Balaban J connectivity index is 1.67. The van der Waals surface area contributed by atoms with Gasteiger partial charge in [-0.2, -0.15) is 0 Å². The molecular formula is C19H30N2. The van der Waals surface area contributed by atoms with Crippen LogP contribution in [-0.4, -0.2) is 36.1 Å². The quantitative estimate of drug-likeness (QED) is 0.861. The van der Waals surface area contributed by atoms with Crippen LogP contribution in [0.3, 0.4) is 0 Å². The number of rotatable bonds is 6. The number of benzene rings is 1. The van der Waals surface area contributed by atoms with Crippen LogP contribution >= 0.6 is 0 Å². The van der Waals surface area contributed by atoms with Crippen molar-refractivity contribution in [2.24, 2.45) is 5.92 Å². The minimum absolute atomic E-state index is 0.375. The summed E-state index contributed by atoms with van der Waals surface area (Å²) in [4.78, 5) is 2.81. The van der Waals surface area contributed by atoms with E-state index in [2.05, 4.69) is 54.4 Å². The van der Waals surface area contributed by atoms with Crippen molar-refractivity contribution in [1.82, 2.24) is 10.2 Å². The van der Waals surface area contributed by atoms with Gasteiger partial charge < -0.3 is 5.32 Å². The summed E-state index contributed by atoms with van der Waals surface area (Å²) >= 11 is 0. The average molecular weight is 286 g/mol. The van der Waals surface area contributed by atoms with E-state index in [1.165, 1.54) is 57.3 Å². The maximum Gasteiger partial charge on any atom is 0.0329 e. The van der Waals surface area contributed by atoms with Crippen LogP contribution in [0.4, 0.5) is 0 Å². The van der Waals surface area contributed by atoms with Crippen molar-refractivity contribution in [3.05, 3.63) is 35.9 Å². The normalized spacial score (nSPS) is 25.9. The van der Waals surface area contributed by atoms with E-state index in [1.807, 2.05) is 0 Å². The highest BCUT2D eigenvalue weighted by Crippen LogP contribution is 2.37. The van der Waals surface area contributed by atoms with Crippen molar-refractivity contribution in [3.63, 3.8) is 0 Å². The van der Waals surface area contributed by atoms with Crippen LogP contribution < -0.4 is 5.32 Å². The Bertz CT molecular complexity index is 434. The summed E-state index contributed by atoms with van der Waals surface area (Å²) in [6, 6.07) is 11.7. The molecule has 116 valence electrons. The van der Waals surface area contributed by atoms with Gasteiger partial charge in [0.1, 0.15) is 0 Å². The molecule has 1 aliphatic carbocycles. The molecule has 0 radical (unpaired) electrons. The Labute approximate surface area is 129 Å². The van der Waals surface area contributed by atoms with Crippen molar-refractivity contribution < 1.29 is 0 Å². The fourth-order valence-corrected chi connectivity index (χ4v) is 3.93. The highest BCUT2D eigenvalue weighted by molar-refractivity contribution is 5.15. The molecule has 1 aliphatic heterocycles. The van der Waals surface area contributed by atoms with E-state index in [1.54, 1.807) is 0 Å². The monoisotopic (exact) mass is 286 g/mol. The molecule has 0 amide bonds. The third-order valence-corrected chi connectivity index (χ3v) is 5.80. The first kappa shape index (κ1) is 15.1. The SMILES string of the molecule is CCC1(CC)CNC(C2CC2)CN1CCc1ccccc1. The summed E-state index contributed by atoms with van der Waals surface area (Å²) in [6.07, 6.45) is 6.57. The molecule has 1 unspecified atom stereocenters. The molecule has 1 aromatic rings. The maximum absolute atomic E-state index is 3.86. The largest absolute Gasteiger partial charge is 0.311 e. The van der Waals surface area contributed by atoms with Gasteiger partial charge in [-0.15, -0.1) is 0 Å². The van der Waals surface area contributed by atoms with Gasteiger partial charge >= 0.3 is 0 Å². The van der Waals surface area contributed by atoms with Gasteiger partial charge in [0, 0.05) is 31.2 Å². The lowest BCUT2D eigenvalue weighted by molar-refractivity contribution is 0.0282. The Morgan fingerprint density at radius 3 is 2.48 bits per heavy atom. The molecule has 1 saturated heterocycles. The minimum Gasteiger partial charge on any atom is -0.311 e. The van der Waals surface area contributed by atoms with Crippen LogP contribution in [0.5, 0.6) is 0 Å². The third kappa shape index (κ3) is 3.32. The van der Waals surface area contributed by atoms with Crippen LogP contribution in [0.1, 0.15) is 45.1 Å². The Hall–Kier alpha value is -0.860. The molecule has 21 heavy (non-hydrogen) atoms. The molecule has 0 aromatic heterocycles. The standard InChI is InChI=1S/C19H30N2/c1-3-19(4-2)15-20-18(17-10-11-17)14-21(19)13-12-16-8-6-5-7-9-16/h5-9,17-18,20H,3-4,10-15H2,1-2H3. The molecule has 2 heteroatoms. The molecule has 1 N–H and O–H groups in total. The lowest BCUT2D eigenvalue weighted by Gasteiger charge is -2.50. The minimum atomic E-state index is 0.375. The molecule has 1 atom stereocenters. The van der Waals surface area contributed by atoms with Gasteiger partial charge in [-0.05, 0) is 43.6 Å². The number of hydrogen-bond acceptors (Lipinski definition) is 2. The number of nitrogens with one attached hydrogen (secondary N) is 1. The fraction of sp³-hybridized carbons (Fsp3) is 0.684. The average Bonchev–Trinajstić information content (AvgIpc) is 3.38. The zero-order valence-electron chi connectivity index (χ0n) is 13.6. The maximum atomic E-state index is 3.86. The van der Waals surface area contributed by atoms with Crippen molar-refractivity contribution in [2.45, 2.75) is 57.5 Å². The highest BCUT2D eigenvalue weighted by Gasteiger charge is 2.42. The van der Waals surface area contributed by atoms with Gasteiger partial charge in [0.2, 0.25) is 0 Å². The molecule has 1 aromatic carbocycles. The summed E-state index contributed by atoms with van der Waals surface area (Å²) in [7, 11) is 0. The summed E-state index contributed by atoms with van der Waals surface area (Å²) in [5.41, 5.74) is 1.85. The highest BCUT2D eigenvalue weighted by atomic mass is 15.3. The molecule has 1 saturated carbocycles. The lowest BCUT2D eigenvalue weighted by Crippen LogP contribution is -2.65. The lowest BCUT2D eigenvalue weighted by atomic mass is 9.86. The van der Waals surface area contributed by atoms with E-state index in [9.17, 15) is 0 Å². The van der Waals surface area contributed by atoms with E-state index in [0.29, 0.717) is 5.54 Å². The molecule has 0 bridgehead atoms. The number of nitrogens with zero attached hydrogens (tertiary/aromatic N) is 1. The van der Waals surface area contributed by atoms with Crippen LogP contribution in [0, 0.1) is 5.92 Å². The van der Waals surface area contributed by atoms with Crippen molar-refractivity contribution in [3.8, 4) is 0 Å². The zero-order valence-corrected chi connectivity index (χ0v) is 13.6. The zero-order chi connectivity index (χ0) is 14.7. The Morgan fingerprint density at radius 1 is 1.14 bits per heavy atom. The topological polar surface area (TPSA) is 15.3 Å². The van der Waals surface area contributed by atoms with E-state index in [-0.39, 0.29) is 0 Å². The predicted molar refractivity (Wildman–Crippen MR) is 89.5 cm³/mol.